The molecule has 0 aliphatic carbocycles. The first-order chi connectivity index (χ1) is 9.68. The van der Waals surface area contributed by atoms with Crippen molar-refractivity contribution in [2.24, 2.45) is 5.73 Å². The van der Waals surface area contributed by atoms with Crippen LogP contribution in [0.2, 0.25) is 0 Å². The van der Waals surface area contributed by atoms with Crippen LogP contribution in [0.4, 0.5) is 0 Å². The van der Waals surface area contributed by atoms with Crippen LogP contribution in [0.1, 0.15) is 65.7 Å². The number of hydrogen-bond donors (Lipinski definition) is 4. The van der Waals surface area contributed by atoms with Gasteiger partial charge in [-0.2, -0.15) is 0 Å². The van der Waals surface area contributed by atoms with Crippen LogP contribution >= 0.6 is 0 Å². The molecule has 0 aromatic carbocycles. The van der Waals surface area contributed by atoms with E-state index >= 15 is 0 Å². The third kappa shape index (κ3) is 42.7. The van der Waals surface area contributed by atoms with Crippen molar-refractivity contribution in [1.82, 2.24) is 0 Å². The minimum absolute atomic E-state index is 0. The van der Waals surface area contributed by atoms with Crippen molar-refractivity contribution in [2.45, 2.75) is 71.8 Å². The van der Waals surface area contributed by atoms with Gasteiger partial charge in [-0.05, 0) is 13.3 Å². The fraction of sp³-hybridized carbons (Fsp3) is 0.786. The van der Waals surface area contributed by atoms with E-state index in [0.717, 1.165) is 12.8 Å². The number of carbonyl (C=O) groups is 3. The van der Waals surface area contributed by atoms with Gasteiger partial charge in [-0.15, -0.1) is 0 Å². The van der Waals surface area contributed by atoms with Crippen LogP contribution in [0, 0.1) is 0 Å². The summed E-state index contributed by atoms with van der Waals surface area (Å²) < 4.78 is 0. The first-order valence-electron chi connectivity index (χ1n) is 7.10. The van der Waals surface area contributed by atoms with Crippen molar-refractivity contribution < 1.29 is 29.7 Å². The molecule has 7 nitrogen and oxygen atoms in total. The molecule has 0 spiro atoms. The van der Waals surface area contributed by atoms with Crippen LogP contribution in [0.25, 0.3) is 0 Å². The van der Waals surface area contributed by atoms with Crippen LogP contribution in [0.5, 0.6) is 0 Å². The van der Waals surface area contributed by atoms with Gasteiger partial charge >= 0.3 is 47.5 Å². The Morgan fingerprint density at radius 1 is 0.909 bits per heavy atom. The van der Waals surface area contributed by atoms with E-state index in [2.05, 4.69) is 6.92 Å². The van der Waals surface area contributed by atoms with Crippen molar-refractivity contribution in [3.05, 3.63) is 0 Å². The Morgan fingerprint density at radius 2 is 1.27 bits per heavy atom. The van der Waals surface area contributed by atoms with Gasteiger partial charge in [0.1, 0.15) is 6.04 Å². The van der Waals surface area contributed by atoms with Gasteiger partial charge in [0.05, 0.1) is 0 Å². The number of hydrogen-bond acceptors (Lipinski definition) is 4. The quantitative estimate of drug-likeness (QED) is 0.392. The van der Waals surface area contributed by atoms with E-state index < -0.39 is 23.9 Å². The molecule has 0 radical (unpaired) electrons. The van der Waals surface area contributed by atoms with Gasteiger partial charge in [0.2, 0.25) is 0 Å². The Kier molecular flexibility index (Phi) is 30.3. The number of rotatable bonds is 8. The molecule has 0 aromatic rings. The number of unbranched alkanes of at least 4 members (excludes halogenated alkanes) is 4. The predicted molar refractivity (Wildman–Crippen MR) is 87.4 cm³/mol. The van der Waals surface area contributed by atoms with Gasteiger partial charge in [0.15, 0.2) is 0 Å². The summed E-state index contributed by atoms with van der Waals surface area (Å²) in [7, 11) is 0. The SMILES string of the molecule is CC(N)C(=O)O.CCC(=O)O.CCCCCCCC(=O)O.[NaH]. The fourth-order valence-corrected chi connectivity index (χ4v) is 0.880. The van der Waals surface area contributed by atoms with Crippen molar-refractivity contribution in [3.63, 3.8) is 0 Å². The van der Waals surface area contributed by atoms with E-state index in [9.17, 15) is 14.4 Å². The second kappa shape index (κ2) is 22.6. The zero-order valence-corrected chi connectivity index (χ0v) is 13.2. The molecule has 22 heavy (non-hydrogen) atoms. The van der Waals surface area contributed by atoms with Crippen LogP contribution in [-0.4, -0.2) is 68.8 Å². The van der Waals surface area contributed by atoms with Crippen LogP contribution < -0.4 is 5.73 Å². The van der Waals surface area contributed by atoms with Gasteiger partial charge < -0.3 is 21.1 Å². The van der Waals surface area contributed by atoms with Gasteiger partial charge in [0.25, 0.3) is 0 Å². The number of carboxylic acids is 3. The minimum atomic E-state index is -0.963. The Bertz CT molecular complexity index is 285. The molecule has 8 heteroatoms. The average molecular weight is 331 g/mol. The molecule has 0 saturated carbocycles. The zero-order valence-electron chi connectivity index (χ0n) is 13.2. The molecule has 0 amide bonds. The molecular formula is C14H30NNaO6. The monoisotopic (exact) mass is 331 g/mol. The zero-order chi connectivity index (χ0) is 17.3. The molecule has 1 unspecified atom stereocenters. The van der Waals surface area contributed by atoms with Crippen LogP contribution in [0.15, 0.2) is 0 Å². The van der Waals surface area contributed by atoms with Gasteiger partial charge in [-0.1, -0.05) is 39.5 Å². The predicted octanol–water partition coefficient (Wildman–Crippen LogP) is 1.68. The molecule has 1 atom stereocenters. The average Bonchev–Trinajstić information content (AvgIpc) is 2.39. The molecule has 0 saturated heterocycles. The molecule has 0 fully saturated rings. The van der Waals surface area contributed by atoms with Crippen LogP contribution in [0.3, 0.4) is 0 Å². The third-order valence-electron chi connectivity index (χ3n) is 2.19. The van der Waals surface area contributed by atoms with E-state index in [1.165, 1.54) is 26.2 Å². The number of carboxylic acid groups (broad SMARTS) is 3. The Balaban J connectivity index is -0.000000117. The third-order valence-corrected chi connectivity index (χ3v) is 2.19. The summed E-state index contributed by atoms with van der Waals surface area (Å²) in [6.07, 6.45) is 6.11. The summed E-state index contributed by atoms with van der Waals surface area (Å²) in [6, 6.07) is -0.731. The number of nitrogens with two attached hydrogens (primary N) is 1. The molecular weight excluding hydrogens is 301 g/mol. The second-order valence-electron chi connectivity index (χ2n) is 4.43. The van der Waals surface area contributed by atoms with E-state index in [-0.39, 0.29) is 36.0 Å². The topological polar surface area (TPSA) is 138 Å². The van der Waals surface area contributed by atoms with Gasteiger partial charge in [0, 0.05) is 12.8 Å². The standard InChI is InChI=1S/C8H16O2.C3H7NO2.C3H6O2.Na.H/c1-2-3-4-5-6-7-8(9)10;1-2(4)3(5)6;1-2-3(4)5;;/h2-7H2,1H3,(H,9,10);2H,4H2,1H3,(H,5,6);2H2,1H3,(H,4,5);;. The number of aliphatic carboxylic acids is 3. The second-order valence-corrected chi connectivity index (χ2v) is 4.43. The summed E-state index contributed by atoms with van der Waals surface area (Å²) in [5.41, 5.74) is 4.84. The Morgan fingerprint density at radius 3 is 1.50 bits per heavy atom. The fourth-order valence-electron chi connectivity index (χ4n) is 0.880. The first kappa shape index (κ1) is 29.4. The van der Waals surface area contributed by atoms with Crippen molar-refractivity contribution in [3.8, 4) is 0 Å². The normalized spacial score (nSPS) is 9.82. The molecule has 5 N–H and O–H groups in total. The molecule has 0 aromatic heterocycles. The van der Waals surface area contributed by atoms with E-state index in [4.69, 9.17) is 21.1 Å². The molecule has 0 heterocycles. The Labute approximate surface area is 154 Å². The molecule has 0 aliphatic heterocycles. The van der Waals surface area contributed by atoms with E-state index in [1.807, 2.05) is 0 Å². The molecule has 0 aliphatic rings. The summed E-state index contributed by atoms with van der Waals surface area (Å²) >= 11 is 0. The summed E-state index contributed by atoms with van der Waals surface area (Å²) in [5, 5.41) is 23.9. The summed E-state index contributed by atoms with van der Waals surface area (Å²) in [6.45, 7) is 5.17. The molecule has 128 valence electrons. The van der Waals surface area contributed by atoms with Gasteiger partial charge in [-0.25, -0.2) is 0 Å². The molecule has 0 rings (SSSR count). The van der Waals surface area contributed by atoms with Gasteiger partial charge in [-0.3, -0.25) is 14.4 Å². The Hall–Kier alpha value is -0.630. The van der Waals surface area contributed by atoms with Crippen molar-refractivity contribution in [1.29, 1.82) is 0 Å². The van der Waals surface area contributed by atoms with Crippen molar-refractivity contribution in [2.75, 3.05) is 0 Å². The maximum atomic E-state index is 10.0. The van der Waals surface area contributed by atoms with Crippen molar-refractivity contribution >= 4 is 47.5 Å². The van der Waals surface area contributed by atoms with E-state index in [0.29, 0.717) is 6.42 Å². The summed E-state index contributed by atoms with van der Waals surface area (Å²) in [4.78, 5) is 29.0. The maximum absolute atomic E-state index is 10.0. The summed E-state index contributed by atoms with van der Waals surface area (Å²) in [5.74, 6) is -2.38. The first-order valence-corrected chi connectivity index (χ1v) is 7.10. The molecule has 0 bridgehead atoms. The van der Waals surface area contributed by atoms with Crippen LogP contribution in [-0.2, 0) is 14.4 Å². The van der Waals surface area contributed by atoms with E-state index in [1.54, 1.807) is 6.92 Å².